The van der Waals surface area contributed by atoms with Gasteiger partial charge in [-0.1, -0.05) is 12.1 Å². The Balaban J connectivity index is 0.00000128. The lowest BCUT2D eigenvalue weighted by atomic mass is 10.1. The average Bonchev–Trinajstić information content (AvgIpc) is 2.73. The predicted molar refractivity (Wildman–Crippen MR) is 64.5 cm³/mol. The number of rotatable bonds is 2. The molecule has 16 heavy (non-hydrogen) atoms. The average molecular weight is 241 g/mol. The van der Waals surface area contributed by atoms with Gasteiger partial charge in [0.2, 0.25) is 0 Å². The van der Waals surface area contributed by atoms with Crippen LogP contribution >= 0.6 is 12.4 Å². The molecule has 4 nitrogen and oxygen atoms in total. The van der Waals surface area contributed by atoms with Crippen LogP contribution in [-0.4, -0.2) is 18.1 Å². The van der Waals surface area contributed by atoms with Gasteiger partial charge in [0.1, 0.15) is 6.04 Å². The number of carbonyl (C=O) groups excluding carboxylic acids is 1. The molecule has 0 aliphatic rings. The third-order valence-corrected chi connectivity index (χ3v) is 2.39. The summed E-state index contributed by atoms with van der Waals surface area (Å²) in [5.41, 5.74) is 7.43. The van der Waals surface area contributed by atoms with Crippen molar-refractivity contribution in [2.45, 2.75) is 6.04 Å². The molecule has 5 heteroatoms. The van der Waals surface area contributed by atoms with E-state index < -0.39 is 12.0 Å². The minimum absolute atomic E-state index is 0. The van der Waals surface area contributed by atoms with Gasteiger partial charge in [0.05, 0.1) is 7.11 Å². The van der Waals surface area contributed by atoms with Crippen LogP contribution < -0.4 is 5.73 Å². The number of fused-ring (bicyclic) bond motifs is 1. The molecule has 1 heterocycles. The summed E-state index contributed by atoms with van der Waals surface area (Å²) in [6, 6.07) is 6.85. The maximum Gasteiger partial charge on any atom is 0.327 e. The minimum Gasteiger partial charge on any atom is -0.468 e. The summed E-state index contributed by atoms with van der Waals surface area (Å²) in [4.78, 5) is 14.3. The summed E-state index contributed by atoms with van der Waals surface area (Å²) in [7, 11) is 1.33. The van der Waals surface area contributed by atoms with Gasteiger partial charge in [-0.2, -0.15) is 0 Å². The first-order valence-corrected chi connectivity index (χ1v) is 4.63. The number of esters is 1. The van der Waals surface area contributed by atoms with E-state index in [0.717, 1.165) is 16.5 Å². The molecule has 1 atom stereocenters. The van der Waals surface area contributed by atoms with Crippen molar-refractivity contribution >= 4 is 29.3 Å². The number of methoxy groups -OCH3 is 1. The number of carbonyl (C=O) groups is 1. The number of hydrogen-bond acceptors (Lipinski definition) is 3. The number of nitrogens with one attached hydrogen (secondary N) is 1. The second-order valence-electron chi connectivity index (χ2n) is 3.33. The topological polar surface area (TPSA) is 68.1 Å². The molecule has 0 spiro atoms. The number of H-pyrrole nitrogens is 1. The lowest BCUT2D eigenvalue weighted by Gasteiger charge is -2.09. The van der Waals surface area contributed by atoms with Crippen molar-refractivity contribution in [2.24, 2.45) is 5.73 Å². The molecule has 86 valence electrons. The molecule has 0 fully saturated rings. The Morgan fingerprint density at radius 2 is 2.19 bits per heavy atom. The third kappa shape index (κ3) is 2.18. The number of halogens is 1. The van der Waals surface area contributed by atoms with Gasteiger partial charge in [-0.3, -0.25) is 4.79 Å². The molecular formula is C11H13ClN2O2. The van der Waals surface area contributed by atoms with Crippen molar-refractivity contribution in [1.29, 1.82) is 0 Å². The minimum atomic E-state index is -0.720. The van der Waals surface area contributed by atoms with Crippen molar-refractivity contribution in [3.05, 3.63) is 36.0 Å². The fraction of sp³-hybridized carbons (Fsp3) is 0.182. The first-order chi connectivity index (χ1) is 7.22. The van der Waals surface area contributed by atoms with Crippen molar-refractivity contribution in [2.75, 3.05) is 7.11 Å². The standard InChI is InChI=1S/C11H12N2O2.ClH/c1-15-11(14)10(12)8-3-2-7-4-5-13-9(7)6-8;/h2-6,10,13H,12H2,1H3;1H/t10-;/m0./s1. The summed E-state index contributed by atoms with van der Waals surface area (Å²) in [6.07, 6.45) is 1.85. The van der Waals surface area contributed by atoms with Crippen LogP contribution in [0.3, 0.4) is 0 Å². The molecule has 0 saturated carbocycles. The Labute approximate surface area is 99.2 Å². The zero-order chi connectivity index (χ0) is 10.8. The number of aromatic nitrogens is 1. The Kier molecular flexibility index (Phi) is 3.93. The molecule has 0 bridgehead atoms. The van der Waals surface area contributed by atoms with Gasteiger partial charge < -0.3 is 15.5 Å². The largest absolute Gasteiger partial charge is 0.468 e. The van der Waals surface area contributed by atoms with Gasteiger partial charge in [0.15, 0.2) is 0 Å². The molecule has 0 amide bonds. The first-order valence-electron chi connectivity index (χ1n) is 4.63. The summed E-state index contributed by atoms with van der Waals surface area (Å²) in [5, 5.41) is 1.09. The Hall–Kier alpha value is -1.52. The molecule has 3 N–H and O–H groups in total. The highest BCUT2D eigenvalue weighted by atomic mass is 35.5. The smallest absolute Gasteiger partial charge is 0.327 e. The van der Waals surface area contributed by atoms with Crippen LogP contribution in [0.2, 0.25) is 0 Å². The van der Waals surface area contributed by atoms with Gasteiger partial charge in [0, 0.05) is 11.7 Å². The zero-order valence-corrected chi connectivity index (χ0v) is 9.58. The molecule has 0 aliphatic heterocycles. The van der Waals surface area contributed by atoms with Crippen LogP contribution in [0.1, 0.15) is 11.6 Å². The number of nitrogens with two attached hydrogens (primary N) is 1. The number of ether oxygens (including phenoxy) is 1. The van der Waals surface area contributed by atoms with Gasteiger partial charge >= 0.3 is 5.97 Å². The molecule has 0 saturated heterocycles. The van der Waals surface area contributed by atoms with Crippen molar-refractivity contribution in [1.82, 2.24) is 4.98 Å². The fourth-order valence-electron chi connectivity index (χ4n) is 1.52. The molecule has 1 aromatic carbocycles. The van der Waals surface area contributed by atoms with Crippen LogP contribution in [0.15, 0.2) is 30.5 Å². The van der Waals surface area contributed by atoms with E-state index in [-0.39, 0.29) is 12.4 Å². The third-order valence-electron chi connectivity index (χ3n) is 2.39. The Morgan fingerprint density at radius 3 is 2.88 bits per heavy atom. The van der Waals surface area contributed by atoms with Crippen LogP contribution in [0.4, 0.5) is 0 Å². The first kappa shape index (κ1) is 12.5. The summed E-state index contributed by atoms with van der Waals surface area (Å²) in [5.74, 6) is -0.430. The lowest BCUT2D eigenvalue weighted by molar-refractivity contribution is -0.142. The SMILES string of the molecule is COC(=O)[C@@H](N)c1ccc2cc[nH]c2c1.Cl. The second kappa shape index (κ2) is 5.01. The highest BCUT2D eigenvalue weighted by Crippen LogP contribution is 2.18. The Bertz CT molecular complexity index is 495. The lowest BCUT2D eigenvalue weighted by Crippen LogP contribution is -2.22. The second-order valence-corrected chi connectivity index (χ2v) is 3.33. The normalized spacial score (nSPS) is 11.9. The van der Waals surface area contributed by atoms with Gasteiger partial charge in [-0.15, -0.1) is 12.4 Å². The molecule has 2 rings (SSSR count). The van der Waals surface area contributed by atoms with Gasteiger partial charge in [0.25, 0.3) is 0 Å². The van der Waals surface area contributed by atoms with Gasteiger partial charge in [-0.05, 0) is 23.1 Å². The van der Waals surface area contributed by atoms with Crippen molar-refractivity contribution in [3.8, 4) is 0 Å². The van der Waals surface area contributed by atoms with E-state index >= 15 is 0 Å². The fourth-order valence-corrected chi connectivity index (χ4v) is 1.52. The number of benzene rings is 1. The summed E-state index contributed by atoms with van der Waals surface area (Å²) >= 11 is 0. The van der Waals surface area contributed by atoms with Crippen LogP contribution in [0, 0.1) is 0 Å². The predicted octanol–water partition coefficient (Wildman–Crippen LogP) is 1.76. The van der Waals surface area contributed by atoms with Gasteiger partial charge in [-0.25, -0.2) is 0 Å². The van der Waals surface area contributed by atoms with Crippen LogP contribution in [-0.2, 0) is 9.53 Å². The van der Waals surface area contributed by atoms with Crippen molar-refractivity contribution < 1.29 is 9.53 Å². The van der Waals surface area contributed by atoms with E-state index in [1.807, 2.05) is 30.5 Å². The van der Waals surface area contributed by atoms with E-state index in [2.05, 4.69) is 9.72 Å². The number of aromatic amines is 1. The van der Waals surface area contributed by atoms with E-state index in [4.69, 9.17) is 5.73 Å². The quantitative estimate of drug-likeness (QED) is 0.786. The maximum absolute atomic E-state index is 11.2. The van der Waals surface area contributed by atoms with Crippen LogP contribution in [0.25, 0.3) is 10.9 Å². The molecule has 2 aromatic rings. The maximum atomic E-state index is 11.2. The highest BCUT2D eigenvalue weighted by molar-refractivity contribution is 5.85. The van der Waals surface area contributed by atoms with E-state index in [9.17, 15) is 4.79 Å². The molecular weight excluding hydrogens is 228 g/mol. The summed E-state index contributed by atoms with van der Waals surface area (Å²) in [6.45, 7) is 0. The van der Waals surface area contributed by atoms with E-state index in [0.29, 0.717) is 0 Å². The van der Waals surface area contributed by atoms with E-state index in [1.54, 1.807) is 0 Å². The Morgan fingerprint density at radius 1 is 1.44 bits per heavy atom. The highest BCUT2D eigenvalue weighted by Gasteiger charge is 2.16. The molecule has 0 aliphatic carbocycles. The number of hydrogen-bond donors (Lipinski definition) is 2. The monoisotopic (exact) mass is 240 g/mol. The molecule has 0 radical (unpaired) electrons. The van der Waals surface area contributed by atoms with E-state index in [1.165, 1.54) is 7.11 Å². The summed E-state index contributed by atoms with van der Waals surface area (Å²) < 4.78 is 4.59. The van der Waals surface area contributed by atoms with Crippen molar-refractivity contribution in [3.63, 3.8) is 0 Å². The molecule has 0 unspecified atom stereocenters. The molecule has 1 aromatic heterocycles. The zero-order valence-electron chi connectivity index (χ0n) is 8.77. The van der Waals surface area contributed by atoms with Crippen LogP contribution in [0.5, 0.6) is 0 Å².